The molecule has 0 spiro atoms. The fraction of sp³-hybridized carbons (Fsp3) is 0.500. The van der Waals surface area contributed by atoms with Crippen LogP contribution >= 0.6 is 0 Å². The van der Waals surface area contributed by atoms with Crippen LogP contribution in [0.4, 0.5) is 0 Å². The first-order chi connectivity index (χ1) is 5.77. The van der Waals surface area contributed by atoms with Gasteiger partial charge in [-0.25, -0.2) is 0 Å². The minimum atomic E-state index is 0.705. The highest BCUT2D eigenvalue weighted by molar-refractivity contribution is 5.24. The van der Waals surface area contributed by atoms with Gasteiger partial charge in [0.1, 0.15) is 0 Å². The Morgan fingerprint density at radius 3 is 2.08 bits per heavy atom. The number of hydrogen-bond donors (Lipinski definition) is 0. The van der Waals surface area contributed by atoms with Gasteiger partial charge in [0.2, 0.25) is 0 Å². The molecule has 0 aliphatic rings. The van der Waals surface area contributed by atoms with Crippen LogP contribution in [0.25, 0.3) is 0 Å². The van der Waals surface area contributed by atoms with Crippen LogP contribution in [0.15, 0.2) is 24.3 Å². The summed E-state index contributed by atoms with van der Waals surface area (Å²) in [6.07, 6.45) is 2.37. The Labute approximate surface area is 75.6 Å². The summed E-state index contributed by atoms with van der Waals surface area (Å²) < 4.78 is 0. The lowest BCUT2D eigenvalue weighted by Crippen LogP contribution is -1.91. The van der Waals surface area contributed by atoms with E-state index in [-0.39, 0.29) is 0 Å². The Kier molecular flexibility index (Phi) is 3.33. The zero-order valence-electron chi connectivity index (χ0n) is 8.30. The zero-order valence-corrected chi connectivity index (χ0v) is 8.30. The number of hydrogen-bond acceptors (Lipinski definition) is 0. The molecule has 0 saturated carbocycles. The Morgan fingerprint density at radius 2 is 1.67 bits per heavy atom. The summed E-state index contributed by atoms with van der Waals surface area (Å²) in [4.78, 5) is 0. The Balaban J connectivity index is 2.77. The van der Waals surface area contributed by atoms with E-state index in [0.29, 0.717) is 5.92 Å². The molecule has 1 rings (SSSR count). The summed E-state index contributed by atoms with van der Waals surface area (Å²) in [7, 11) is 0. The summed E-state index contributed by atoms with van der Waals surface area (Å²) in [6.45, 7) is 6.71. The first-order valence-corrected chi connectivity index (χ1v) is 4.86. The van der Waals surface area contributed by atoms with Crippen molar-refractivity contribution in [3.8, 4) is 0 Å². The van der Waals surface area contributed by atoms with Crippen molar-refractivity contribution in [2.75, 3.05) is 0 Å². The van der Waals surface area contributed by atoms with Crippen LogP contribution in [-0.2, 0) is 6.42 Å². The number of aryl methyl sites for hydroxylation is 1. The van der Waals surface area contributed by atoms with Gasteiger partial charge in [0.15, 0.2) is 0 Å². The molecule has 0 heteroatoms. The molecule has 12 heavy (non-hydrogen) atoms. The molecule has 1 aromatic rings. The van der Waals surface area contributed by atoms with E-state index in [1.807, 2.05) is 0 Å². The van der Waals surface area contributed by atoms with Gasteiger partial charge >= 0.3 is 0 Å². The second kappa shape index (κ2) is 4.30. The maximum atomic E-state index is 2.28. The molecule has 0 radical (unpaired) electrons. The Morgan fingerprint density at radius 1 is 1.08 bits per heavy atom. The molecule has 1 unspecified atom stereocenters. The van der Waals surface area contributed by atoms with Crippen molar-refractivity contribution in [1.82, 2.24) is 0 Å². The van der Waals surface area contributed by atoms with E-state index in [1.54, 1.807) is 0 Å². The van der Waals surface area contributed by atoms with E-state index in [1.165, 1.54) is 17.5 Å². The molecule has 0 N–H and O–H groups in total. The van der Waals surface area contributed by atoms with Gasteiger partial charge in [-0.05, 0) is 29.9 Å². The van der Waals surface area contributed by atoms with Crippen LogP contribution in [0, 0.1) is 0 Å². The second-order valence-electron chi connectivity index (χ2n) is 3.40. The number of rotatable bonds is 3. The lowest BCUT2D eigenvalue weighted by Gasteiger charge is -2.08. The molecule has 1 atom stereocenters. The minimum absolute atomic E-state index is 0.705. The van der Waals surface area contributed by atoms with Crippen molar-refractivity contribution in [1.29, 1.82) is 0 Å². The molecule has 0 bridgehead atoms. The lowest BCUT2D eigenvalue weighted by atomic mass is 9.97. The molecule has 0 amide bonds. The van der Waals surface area contributed by atoms with Crippen LogP contribution in [0.2, 0.25) is 0 Å². The summed E-state index contributed by atoms with van der Waals surface area (Å²) in [5.74, 6) is 0.705. The van der Waals surface area contributed by atoms with Crippen molar-refractivity contribution in [2.24, 2.45) is 0 Å². The monoisotopic (exact) mass is 162 g/mol. The van der Waals surface area contributed by atoms with E-state index >= 15 is 0 Å². The van der Waals surface area contributed by atoms with Crippen LogP contribution in [-0.4, -0.2) is 0 Å². The van der Waals surface area contributed by atoms with E-state index in [9.17, 15) is 0 Å². The molecule has 0 fully saturated rings. The first-order valence-electron chi connectivity index (χ1n) is 4.86. The average molecular weight is 162 g/mol. The molecular weight excluding hydrogens is 144 g/mol. The maximum absolute atomic E-state index is 2.28. The van der Waals surface area contributed by atoms with Crippen LogP contribution in [0.1, 0.15) is 44.2 Å². The van der Waals surface area contributed by atoms with E-state index in [2.05, 4.69) is 45.0 Å². The van der Waals surface area contributed by atoms with Gasteiger partial charge in [-0.2, -0.15) is 0 Å². The van der Waals surface area contributed by atoms with Crippen LogP contribution < -0.4 is 0 Å². The summed E-state index contributed by atoms with van der Waals surface area (Å²) in [5, 5.41) is 0. The van der Waals surface area contributed by atoms with Crippen molar-refractivity contribution < 1.29 is 0 Å². The molecule has 1 aromatic carbocycles. The van der Waals surface area contributed by atoms with Crippen molar-refractivity contribution in [3.05, 3.63) is 35.4 Å². The quantitative estimate of drug-likeness (QED) is 0.634. The number of benzene rings is 1. The van der Waals surface area contributed by atoms with Crippen molar-refractivity contribution >= 4 is 0 Å². The predicted octanol–water partition coefficient (Wildman–Crippen LogP) is 3.76. The van der Waals surface area contributed by atoms with Crippen LogP contribution in [0.5, 0.6) is 0 Å². The predicted molar refractivity (Wildman–Crippen MR) is 54.5 cm³/mol. The molecule has 0 aliphatic carbocycles. The van der Waals surface area contributed by atoms with E-state index < -0.39 is 0 Å². The minimum Gasteiger partial charge on any atom is -0.0648 e. The third kappa shape index (κ3) is 2.10. The van der Waals surface area contributed by atoms with Gasteiger partial charge in [-0.15, -0.1) is 0 Å². The summed E-state index contributed by atoms with van der Waals surface area (Å²) in [6, 6.07) is 8.99. The fourth-order valence-electron chi connectivity index (χ4n) is 1.32. The normalized spacial score (nSPS) is 12.9. The smallest absolute Gasteiger partial charge is 0.0193 e. The van der Waals surface area contributed by atoms with E-state index in [0.717, 1.165) is 6.42 Å². The van der Waals surface area contributed by atoms with E-state index in [4.69, 9.17) is 0 Å². The SMILES string of the molecule is CCc1ccc(C(C)CC)cc1. The van der Waals surface area contributed by atoms with Crippen molar-refractivity contribution in [2.45, 2.75) is 39.5 Å². The highest BCUT2D eigenvalue weighted by Crippen LogP contribution is 2.18. The molecule has 0 heterocycles. The van der Waals surface area contributed by atoms with Crippen LogP contribution in [0.3, 0.4) is 0 Å². The topological polar surface area (TPSA) is 0 Å². The van der Waals surface area contributed by atoms with Gasteiger partial charge in [0.25, 0.3) is 0 Å². The molecular formula is C12H18. The zero-order chi connectivity index (χ0) is 8.97. The largest absolute Gasteiger partial charge is 0.0648 e. The molecule has 66 valence electrons. The van der Waals surface area contributed by atoms with Gasteiger partial charge in [-0.1, -0.05) is 45.0 Å². The van der Waals surface area contributed by atoms with Gasteiger partial charge in [0, 0.05) is 0 Å². The van der Waals surface area contributed by atoms with Gasteiger partial charge < -0.3 is 0 Å². The second-order valence-corrected chi connectivity index (χ2v) is 3.40. The Hall–Kier alpha value is -0.780. The van der Waals surface area contributed by atoms with Gasteiger partial charge in [0.05, 0.1) is 0 Å². The Bertz CT molecular complexity index is 220. The summed E-state index contributed by atoms with van der Waals surface area (Å²) >= 11 is 0. The highest BCUT2D eigenvalue weighted by Gasteiger charge is 2.00. The molecule has 0 aliphatic heterocycles. The van der Waals surface area contributed by atoms with Gasteiger partial charge in [-0.3, -0.25) is 0 Å². The average Bonchev–Trinajstić information content (AvgIpc) is 2.17. The lowest BCUT2D eigenvalue weighted by molar-refractivity contribution is 0.733. The first kappa shape index (κ1) is 9.31. The summed E-state index contributed by atoms with van der Waals surface area (Å²) in [5.41, 5.74) is 2.90. The highest BCUT2D eigenvalue weighted by atomic mass is 14.1. The fourth-order valence-corrected chi connectivity index (χ4v) is 1.32. The third-order valence-corrected chi connectivity index (χ3v) is 2.57. The molecule has 0 nitrogen and oxygen atoms in total. The van der Waals surface area contributed by atoms with Crippen molar-refractivity contribution in [3.63, 3.8) is 0 Å². The third-order valence-electron chi connectivity index (χ3n) is 2.57. The molecule has 0 aromatic heterocycles. The molecule has 0 saturated heterocycles. The standard InChI is InChI=1S/C12H18/c1-4-10(3)12-8-6-11(5-2)7-9-12/h6-10H,4-5H2,1-3H3. The maximum Gasteiger partial charge on any atom is -0.0193 e.